The molecule has 1 aliphatic rings. The molecule has 0 unspecified atom stereocenters. The number of likely N-dealkylation sites (tertiary alicyclic amines) is 1. The van der Waals surface area contributed by atoms with E-state index >= 15 is 0 Å². The van der Waals surface area contributed by atoms with Crippen molar-refractivity contribution in [3.8, 4) is 17.3 Å². The van der Waals surface area contributed by atoms with E-state index < -0.39 is 0 Å². The molecule has 1 fully saturated rings. The second-order valence-electron chi connectivity index (χ2n) is 7.30. The number of pyridine rings is 1. The number of benzene rings is 1. The highest BCUT2D eigenvalue weighted by molar-refractivity contribution is 7.59. The largest absolute Gasteiger partial charge is 0.488 e. The van der Waals surface area contributed by atoms with Crippen LogP contribution < -0.4 is 10.3 Å². The summed E-state index contributed by atoms with van der Waals surface area (Å²) in [7, 11) is 1.76. The van der Waals surface area contributed by atoms with Gasteiger partial charge in [-0.3, -0.25) is 14.6 Å². The molecule has 5 rings (SSSR count). The van der Waals surface area contributed by atoms with E-state index in [0.29, 0.717) is 41.1 Å². The van der Waals surface area contributed by atoms with Gasteiger partial charge in [0.2, 0.25) is 5.91 Å². The Bertz CT molecular complexity index is 1330. The van der Waals surface area contributed by atoms with Crippen molar-refractivity contribution >= 4 is 51.7 Å². The number of H-pyrrole nitrogens is 1. The van der Waals surface area contributed by atoms with Gasteiger partial charge >= 0.3 is 0 Å². The maximum absolute atomic E-state index is 12.8. The summed E-state index contributed by atoms with van der Waals surface area (Å²) in [6.07, 6.45) is 1.92. The summed E-state index contributed by atoms with van der Waals surface area (Å²) in [5, 5.41) is 3.53. The summed E-state index contributed by atoms with van der Waals surface area (Å²) >= 11 is 1.62. The van der Waals surface area contributed by atoms with Crippen molar-refractivity contribution in [2.45, 2.75) is 19.4 Å². The van der Waals surface area contributed by atoms with E-state index in [1.54, 1.807) is 35.5 Å². The molecule has 1 N–H and O–H groups in total. The van der Waals surface area contributed by atoms with Gasteiger partial charge in [0.1, 0.15) is 17.5 Å². The second-order valence-corrected chi connectivity index (χ2v) is 8.24. The Morgan fingerprint density at radius 1 is 1.27 bits per heavy atom. The molecule has 9 heteroatoms. The Kier molecular flexibility index (Phi) is 5.25. The van der Waals surface area contributed by atoms with Crippen LogP contribution in [0.2, 0.25) is 0 Å². The fourth-order valence-electron chi connectivity index (χ4n) is 3.65. The number of nitrogens with zero attached hydrogens (tertiary/aromatic N) is 3. The predicted molar refractivity (Wildman–Crippen MR) is 123 cm³/mol. The number of carbonyl (C=O) groups is 1. The highest BCUT2D eigenvalue weighted by atomic mass is 32.1. The molecule has 0 spiro atoms. The van der Waals surface area contributed by atoms with Crippen molar-refractivity contribution in [1.29, 1.82) is 0 Å². The monoisotopic (exact) mass is 440 g/mol. The molecule has 0 bridgehead atoms. The molecule has 154 valence electrons. The number of fused-ring (bicyclic) bond motifs is 2. The van der Waals surface area contributed by atoms with Crippen LogP contribution in [0.15, 0.2) is 40.6 Å². The van der Waals surface area contributed by atoms with Gasteiger partial charge in [-0.05, 0) is 42.1 Å². The first-order valence-corrected chi connectivity index (χ1v) is 10.1. The molecule has 7 nitrogen and oxygen atoms in total. The van der Waals surface area contributed by atoms with Gasteiger partial charge in [0.15, 0.2) is 5.82 Å². The molecule has 1 saturated heterocycles. The minimum atomic E-state index is -0.244. The SMILES string of the molecule is Cc1cc(O[C@H]2CC(=O)N(C)C2)cc2c(=O)[nH]c(-c3cc4sccc4cn3)nc12.S. The number of thiophene rings is 1. The normalized spacial score (nSPS) is 16.3. The van der Waals surface area contributed by atoms with E-state index in [1.165, 1.54) is 0 Å². The molecule has 4 heterocycles. The fourth-order valence-corrected chi connectivity index (χ4v) is 4.45. The summed E-state index contributed by atoms with van der Waals surface area (Å²) in [5.74, 6) is 1.07. The molecule has 0 radical (unpaired) electrons. The summed E-state index contributed by atoms with van der Waals surface area (Å²) in [5.41, 5.74) is 1.83. The lowest BCUT2D eigenvalue weighted by molar-refractivity contribution is -0.126. The molecular weight excluding hydrogens is 420 g/mol. The Morgan fingerprint density at radius 2 is 2.10 bits per heavy atom. The average Bonchev–Trinajstić information content (AvgIpc) is 3.28. The van der Waals surface area contributed by atoms with E-state index in [9.17, 15) is 9.59 Å². The maximum atomic E-state index is 12.8. The van der Waals surface area contributed by atoms with Crippen molar-refractivity contribution < 1.29 is 9.53 Å². The van der Waals surface area contributed by atoms with Crippen molar-refractivity contribution in [1.82, 2.24) is 19.9 Å². The second kappa shape index (κ2) is 7.73. The molecule has 0 saturated carbocycles. The lowest BCUT2D eigenvalue weighted by atomic mass is 10.1. The zero-order valence-electron chi connectivity index (χ0n) is 16.4. The van der Waals surface area contributed by atoms with Gasteiger partial charge in [-0.15, -0.1) is 11.3 Å². The van der Waals surface area contributed by atoms with Crippen LogP contribution in [0.3, 0.4) is 0 Å². The number of aryl methyl sites for hydroxylation is 1. The molecule has 1 aromatic carbocycles. The standard InChI is InChI=1S/C21H18N4O3S.H2S/c1-11-5-13(28-14-7-18(26)25(2)10-14)6-15-19(11)23-20(24-21(15)27)16-8-17-12(9-22-16)3-4-29-17;/h3-6,8-9,14H,7,10H2,1-2H3,(H,23,24,27);1H2/t14-;/m0./s1. The maximum Gasteiger partial charge on any atom is 0.259 e. The van der Waals surface area contributed by atoms with E-state index in [2.05, 4.69) is 15.0 Å². The van der Waals surface area contributed by atoms with Crippen LogP contribution in [0.25, 0.3) is 32.5 Å². The molecule has 3 aromatic heterocycles. The highest BCUT2D eigenvalue weighted by Crippen LogP contribution is 2.27. The minimum Gasteiger partial charge on any atom is -0.488 e. The van der Waals surface area contributed by atoms with Crippen molar-refractivity contribution in [2.24, 2.45) is 0 Å². The number of hydrogen-bond acceptors (Lipinski definition) is 6. The number of amides is 1. The van der Waals surface area contributed by atoms with E-state index in [0.717, 1.165) is 15.6 Å². The molecule has 4 aromatic rings. The van der Waals surface area contributed by atoms with Gasteiger partial charge in [0.25, 0.3) is 5.56 Å². The summed E-state index contributed by atoms with van der Waals surface area (Å²) in [4.78, 5) is 38.1. The quantitative estimate of drug-likeness (QED) is 0.528. The van der Waals surface area contributed by atoms with Crippen LogP contribution in [0.4, 0.5) is 0 Å². The molecule has 30 heavy (non-hydrogen) atoms. The van der Waals surface area contributed by atoms with E-state index in [4.69, 9.17) is 4.74 Å². The summed E-state index contributed by atoms with van der Waals surface area (Å²) in [6, 6.07) is 7.49. The van der Waals surface area contributed by atoms with Crippen LogP contribution in [-0.2, 0) is 4.79 Å². The van der Waals surface area contributed by atoms with Crippen LogP contribution in [-0.4, -0.2) is 45.5 Å². The predicted octanol–water partition coefficient (Wildman–Crippen LogP) is 3.23. The first-order chi connectivity index (χ1) is 14.0. The zero-order valence-corrected chi connectivity index (χ0v) is 18.2. The molecule has 0 aliphatic carbocycles. The van der Waals surface area contributed by atoms with Crippen LogP contribution in [0.1, 0.15) is 12.0 Å². The minimum absolute atomic E-state index is 0. The van der Waals surface area contributed by atoms with E-state index in [1.807, 2.05) is 30.5 Å². The smallest absolute Gasteiger partial charge is 0.259 e. The number of rotatable bonds is 3. The highest BCUT2D eigenvalue weighted by Gasteiger charge is 2.28. The third kappa shape index (κ3) is 3.54. The molecule has 1 atom stereocenters. The third-order valence-corrected chi connectivity index (χ3v) is 6.04. The first kappa shape index (κ1) is 20.4. The average molecular weight is 441 g/mol. The third-order valence-electron chi connectivity index (χ3n) is 5.16. The summed E-state index contributed by atoms with van der Waals surface area (Å²) in [6.45, 7) is 2.44. The number of carbonyl (C=O) groups excluding carboxylic acids is 1. The molecule has 1 amide bonds. The number of nitrogens with one attached hydrogen (secondary N) is 1. The van der Waals surface area contributed by atoms with Crippen molar-refractivity contribution in [2.75, 3.05) is 13.6 Å². The summed E-state index contributed by atoms with van der Waals surface area (Å²) < 4.78 is 7.05. The van der Waals surface area contributed by atoms with Crippen LogP contribution >= 0.6 is 24.8 Å². The van der Waals surface area contributed by atoms with Gasteiger partial charge < -0.3 is 14.6 Å². The van der Waals surface area contributed by atoms with Gasteiger partial charge in [0, 0.05) is 23.3 Å². The van der Waals surface area contributed by atoms with Gasteiger partial charge in [-0.2, -0.15) is 13.5 Å². The number of aromatic nitrogens is 3. The van der Waals surface area contributed by atoms with Crippen molar-refractivity contribution in [3.05, 3.63) is 51.8 Å². The van der Waals surface area contributed by atoms with Crippen molar-refractivity contribution in [3.63, 3.8) is 0 Å². The topological polar surface area (TPSA) is 88.2 Å². The number of aromatic amines is 1. The van der Waals surface area contributed by atoms with Gasteiger partial charge in [-0.25, -0.2) is 4.98 Å². The number of ether oxygens (including phenoxy) is 1. The lowest BCUT2D eigenvalue weighted by Gasteiger charge is -2.14. The van der Waals surface area contributed by atoms with Gasteiger partial charge in [-0.1, -0.05) is 0 Å². The lowest BCUT2D eigenvalue weighted by Crippen LogP contribution is -2.22. The molecular formula is C21H20N4O3S2. The van der Waals surface area contributed by atoms with Crippen LogP contribution in [0, 0.1) is 6.92 Å². The Balaban J connectivity index is 0.00000218. The Hall–Kier alpha value is -2.91. The fraction of sp³-hybridized carbons (Fsp3) is 0.238. The first-order valence-electron chi connectivity index (χ1n) is 9.27. The van der Waals surface area contributed by atoms with Gasteiger partial charge in [0.05, 0.1) is 23.9 Å². The Morgan fingerprint density at radius 3 is 2.87 bits per heavy atom. The number of likely N-dealkylation sites (N-methyl/N-ethyl adjacent to an activating group) is 1. The number of hydrogen-bond donors (Lipinski definition) is 1. The van der Waals surface area contributed by atoms with Crippen LogP contribution in [0.5, 0.6) is 5.75 Å². The Labute approximate surface area is 183 Å². The zero-order chi connectivity index (χ0) is 20.1. The molecule has 1 aliphatic heterocycles. The van der Waals surface area contributed by atoms with E-state index in [-0.39, 0.29) is 31.1 Å².